The first-order chi connectivity index (χ1) is 8.24. The van der Waals surface area contributed by atoms with Gasteiger partial charge < -0.3 is 13.9 Å². The minimum Gasteiger partial charge on any atom is -0.476 e. The summed E-state index contributed by atoms with van der Waals surface area (Å²) >= 11 is 0. The second kappa shape index (κ2) is 3.48. The van der Waals surface area contributed by atoms with Gasteiger partial charge in [0.2, 0.25) is 0 Å². The minimum atomic E-state index is -1.03. The lowest BCUT2D eigenvalue weighted by atomic mass is 10.1. The molecular formula is C12H8N2O3. The Labute approximate surface area is 95.9 Å². The van der Waals surface area contributed by atoms with Crippen LogP contribution in [0.3, 0.4) is 0 Å². The molecule has 0 saturated heterocycles. The number of pyridine rings is 1. The van der Waals surface area contributed by atoms with Crippen LogP contribution in [0, 0.1) is 0 Å². The predicted octanol–water partition coefficient (Wildman–Crippen LogP) is 2.29. The Morgan fingerprint density at radius 1 is 1.24 bits per heavy atom. The molecule has 0 aliphatic rings. The van der Waals surface area contributed by atoms with Crippen molar-refractivity contribution in [2.45, 2.75) is 0 Å². The highest BCUT2D eigenvalue weighted by molar-refractivity contribution is 5.86. The third-order valence-electron chi connectivity index (χ3n) is 2.52. The highest BCUT2D eigenvalue weighted by Crippen LogP contribution is 2.20. The van der Waals surface area contributed by atoms with E-state index >= 15 is 0 Å². The van der Waals surface area contributed by atoms with Crippen LogP contribution in [0.1, 0.15) is 10.5 Å². The summed E-state index contributed by atoms with van der Waals surface area (Å²) in [5.74, 6) is -1.03. The summed E-state index contributed by atoms with van der Waals surface area (Å²) in [5, 5.41) is 8.85. The van der Waals surface area contributed by atoms with E-state index in [0.717, 1.165) is 11.1 Å². The van der Waals surface area contributed by atoms with Crippen LogP contribution in [0.15, 0.2) is 47.5 Å². The van der Waals surface area contributed by atoms with Crippen molar-refractivity contribution in [3.8, 4) is 11.1 Å². The predicted molar refractivity (Wildman–Crippen MR) is 59.9 cm³/mol. The van der Waals surface area contributed by atoms with Gasteiger partial charge in [-0.05, 0) is 18.2 Å². The fraction of sp³-hybridized carbons (Fsp3) is 0. The first-order valence-corrected chi connectivity index (χ1v) is 4.99. The van der Waals surface area contributed by atoms with E-state index in [2.05, 4.69) is 4.98 Å². The lowest BCUT2D eigenvalue weighted by molar-refractivity contribution is 0.0691. The van der Waals surface area contributed by atoms with Crippen molar-refractivity contribution in [1.29, 1.82) is 0 Å². The van der Waals surface area contributed by atoms with Crippen LogP contribution in [-0.2, 0) is 0 Å². The molecule has 0 aromatic carbocycles. The Bertz CT molecular complexity index is 683. The van der Waals surface area contributed by atoms with Crippen LogP contribution in [0.2, 0.25) is 0 Å². The zero-order chi connectivity index (χ0) is 11.8. The number of furan rings is 1. The smallest absolute Gasteiger partial charge is 0.356 e. The summed E-state index contributed by atoms with van der Waals surface area (Å²) in [5.41, 5.74) is 2.53. The van der Waals surface area contributed by atoms with E-state index in [1.165, 1.54) is 6.20 Å². The summed E-state index contributed by atoms with van der Waals surface area (Å²) in [7, 11) is 0. The van der Waals surface area contributed by atoms with Crippen LogP contribution < -0.4 is 0 Å². The summed E-state index contributed by atoms with van der Waals surface area (Å²) in [6.07, 6.45) is 6.53. The Morgan fingerprint density at radius 2 is 2.12 bits per heavy atom. The van der Waals surface area contributed by atoms with Gasteiger partial charge in [-0.25, -0.2) is 9.78 Å². The Morgan fingerprint density at radius 3 is 2.82 bits per heavy atom. The number of hydrogen-bond acceptors (Lipinski definition) is 3. The van der Waals surface area contributed by atoms with E-state index in [0.29, 0.717) is 5.65 Å². The van der Waals surface area contributed by atoms with Crippen molar-refractivity contribution in [3.63, 3.8) is 0 Å². The second-order valence-corrected chi connectivity index (χ2v) is 3.63. The summed E-state index contributed by atoms with van der Waals surface area (Å²) in [6, 6.07) is 5.49. The van der Waals surface area contributed by atoms with Gasteiger partial charge in [-0.3, -0.25) is 0 Å². The quantitative estimate of drug-likeness (QED) is 0.730. The number of fused-ring (bicyclic) bond motifs is 1. The molecule has 1 N–H and O–H groups in total. The molecule has 5 nitrogen and oxygen atoms in total. The molecule has 0 fully saturated rings. The maximum atomic E-state index is 10.8. The van der Waals surface area contributed by atoms with E-state index in [9.17, 15) is 4.79 Å². The van der Waals surface area contributed by atoms with Crippen molar-refractivity contribution >= 4 is 11.6 Å². The molecule has 3 aromatic rings. The molecule has 0 bridgehead atoms. The van der Waals surface area contributed by atoms with E-state index in [1.807, 2.05) is 18.3 Å². The van der Waals surface area contributed by atoms with Gasteiger partial charge in [0.1, 0.15) is 5.65 Å². The average Bonchev–Trinajstić information content (AvgIpc) is 2.97. The first-order valence-electron chi connectivity index (χ1n) is 4.99. The molecule has 17 heavy (non-hydrogen) atoms. The number of hydrogen-bond donors (Lipinski definition) is 1. The molecule has 0 amide bonds. The van der Waals surface area contributed by atoms with Crippen LogP contribution in [0.4, 0.5) is 0 Å². The van der Waals surface area contributed by atoms with Gasteiger partial charge in [0, 0.05) is 23.5 Å². The molecule has 3 aromatic heterocycles. The van der Waals surface area contributed by atoms with Gasteiger partial charge in [-0.2, -0.15) is 0 Å². The summed E-state index contributed by atoms with van der Waals surface area (Å²) in [6.45, 7) is 0. The largest absolute Gasteiger partial charge is 0.476 e. The maximum Gasteiger partial charge on any atom is 0.356 e. The minimum absolute atomic E-state index is 0.0364. The molecule has 0 unspecified atom stereocenters. The number of rotatable bonds is 2. The molecule has 0 atom stereocenters. The van der Waals surface area contributed by atoms with E-state index in [1.54, 1.807) is 23.0 Å². The third kappa shape index (κ3) is 1.57. The zero-order valence-electron chi connectivity index (χ0n) is 8.70. The number of carboxylic acids is 1. The van der Waals surface area contributed by atoms with Crippen molar-refractivity contribution in [2.24, 2.45) is 0 Å². The molecular weight excluding hydrogens is 220 g/mol. The number of nitrogens with zero attached hydrogens (tertiary/aromatic N) is 2. The molecule has 84 valence electrons. The maximum absolute atomic E-state index is 10.8. The van der Waals surface area contributed by atoms with E-state index in [4.69, 9.17) is 9.52 Å². The topological polar surface area (TPSA) is 67.7 Å². The number of carboxylic acid groups (broad SMARTS) is 1. The van der Waals surface area contributed by atoms with Crippen LogP contribution in [0.5, 0.6) is 0 Å². The number of imidazole rings is 1. The fourth-order valence-electron chi connectivity index (χ4n) is 1.69. The molecule has 5 heteroatoms. The number of carbonyl (C=O) groups is 1. The van der Waals surface area contributed by atoms with E-state index in [-0.39, 0.29) is 5.69 Å². The van der Waals surface area contributed by atoms with Gasteiger partial charge in [0.15, 0.2) is 5.69 Å². The SMILES string of the molecule is O=C(O)c1cn2cc(-c3ccoc3)ccc2n1. The summed E-state index contributed by atoms with van der Waals surface area (Å²) < 4.78 is 6.69. The molecule has 3 heterocycles. The van der Waals surface area contributed by atoms with Gasteiger partial charge in [0.05, 0.1) is 12.5 Å². The average molecular weight is 228 g/mol. The standard InChI is InChI=1S/C12H8N2O3/c15-12(16)10-6-14-5-8(1-2-11(14)13-10)9-3-4-17-7-9/h1-7H,(H,15,16). The normalized spacial score (nSPS) is 10.8. The third-order valence-corrected chi connectivity index (χ3v) is 2.52. The Kier molecular flexibility index (Phi) is 1.98. The second-order valence-electron chi connectivity index (χ2n) is 3.63. The van der Waals surface area contributed by atoms with Crippen molar-refractivity contribution in [2.75, 3.05) is 0 Å². The Balaban J connectivity index is 2.16. The van der Waals surface area contributed by atoms with Crippen LogP contribution in [0.25, 0.3) is 16.8 Å². The first kappa shape index (κ1) is 9.65. The van der Waals surface area contributed by atoms with Crippen LogP contribution in [-0.4, -0.2) is 20.5 Å². The monoisotopic (exact) mass is 228 g/mol. The van der Waals surface area contributed by atoms with Crippen molar-refractivity contribution in [3.05, 3.63) is 48.8 Å². The highest BCUT2D eigenvalue weighted by atomic mass is 16.4. The zero-order valence-corrected chi connectivity index (χ0v) is 8.70. The van der Waals surface area contributed by atoms with E-state index < -0.39 is 5.97 Å². The van der Waals surface area contributed by atoms with Crippen molar-refractivity contribution in [1.82, 2.24) is 9.38 Å². The molecule has 0 spiro atoms. The van der Waals surface area contributed by atoms with Gasteiger partial charge >= 0.3 is 5.97 Å². The van der Waals surface area contributed by atoms with Gasteiger partial charge in [0.25, 0.3) is 0 Å². The molecule has 3 rings (SSSR count). The highest BCUT2D eigenvalue weighted by Gasteiger charge is 2.09. The Hall–Kier alpha value is -2.56. The fourth-order valence-corrected chi connectivity index (χ4v) is 1.69. The van der Waals surface area contributed by atoms with Crippen molar-refractivity contribution < 1.29 is 14.3 Å². The molecule has 0 saturated carbocycles. The van der Waals surface area contributed by atoms with Gasteiger partial charge in [-0.15, -0.1) is 0 Å². The molecule has 0 aliphatic heterocycles. The molecule has 0 radical (unpaired) electrons. The number of aromatic nitrogens is 2. The number of aromatic carboxylic acids is 1. The summed E-state index contributed by atoms with van der Waals surface area (Å²) in [4.78, 5) is 14.8. The molecule has 0 aliphatic carbocycles. The lowest BCUT2D eigenvalue weighted by Crippen LogP contribution is -1.94. The van der Waals surface area contributed by atoms with Gasteiger partial charge in [-0.1, -0.05) is 0 Å². The van der Waals surface area contributed by atoms with Crippen LogP contribution >= 0.6 is 0 Å². The lowest BCUT2D eigenvalue weighted by Gasteiger charge is -1.98.